The van der Waals surface area contributed by atoms with Crippen molar-refractivity contribution < 1.29 is 19.0 Å². The molecule has 26 heavy (non-hydrogen) atoms. The molecule has 1 saturated heterocycles. The first-order valence-corrected chi connectivity index (χ1v) is 9.65. The van der Waals surface area contributed by atoms with Gasteiger partial charge >= 0.3 is 6.03 Å². The molecule has 6 heteroatoms. The van der Waals surface area contributed by atoms with Crippen LogP contribution in [0.1, 0.15) is 45.2 Å². The number of nitrogens with zero attached hydrogens (tertiary/aromatic N) is 1. The summed E-state index contributed by atoms with van der Waals surface area (Å²) < 4.78 is 17.0. The van der Waals surface area contributed by atoms with Gasteiger partial charge in [0.2, 0.25) is 0 Å². The van der Waals surface area contributed by atoms with Gasteiger partial charge in [0.1, 0.15) is 13.2 Å². The van der Waals surface area contributed by atoms with Crippen LogP contribution in [-0.4, -0.2) is 49.9 Å². The Kier molecular flexibility index (Phi) is 6.25. The molecule has 144 valence electrons. The molecule has 0 aliphatic carbocycles. The average Bonchev–Trinajstić information content (AvgIpc) is 2.66. The lowest BCUT2D eigenvalue weighted by atomic mass is 9.95. The minimum absolute atomic E-state index is 0.0250. The number of urea groups is 1. The molecule has 3 rings (SSSR count). The van der Waals surface area contributed by atoms with Gasteiger partial charge < -0.3 is 24.4 Å². The summed E-state index contributed by atoms with van der Waals surface area (Å²) in [7, 11) is 0. The number of amides is 2. The second-order valence-corrected chi connectivity index (χ2v) is 7.24. The molecule has 0 bridgehead atoms. The van der Waals surface area contributed by atoms with Crippen LogP contribution in [0.25, 0.3) is 0 Å². The number of hydrogen-bond acceptors (Lipinski definition) is 4. The highest BCUT2D eigenvalue weighted by atomic mass is 16.6. The fourth-order valence-corrected chi connectivity index (χ4v) is 3.61. The van der Waals surface area contributed by atoms with Crippen LogP contribution < -0.4 is 14.8 Å². The van der Waals surface area contributed by atoms with Gasteiger partial charge in [0, 0.05) is 19.7 Å². The van der Waals surface area contributed by atoms with E-state index in [9.17, 15) is 4.79 Å². The first kappa shape index (κ1) is 18.8. The van der Waals surface area contributed by atoms with Crippen LogP contribution in [0.2, 0.25) is 0 Å². The van der Waals surface area contributed by atoms with Gasteiger partial charge in [-0.3, -0.25) is 0 Å². The van der Waals surface area contributed by atoms with Crippen molar-refractivity contribution in [3.63, 3.8) is 0 Å². The van der Waals surface area contributed by atoms with E-state index in [2.05, 4.69) is 19.2 Å². The second-order valence-electron chi connectivity index (χ2n) is 7.24. The topological polar surface area (TPSA) is 60.0 Å². The quantitative estimate of drug-likeness (QED) is 0.872. The number of rotatable bonds is 5. The molecule has 1 N–H and O–H groups in total. The minimum Gasteiger partial charge on any atom is -0.486 e. The maximum Gasteiger partial charge on any atom is 0.317 e. The summed E-state index contributed by atoms with van der Waals surface area (Å²) in [6, 6.07) is 5.82. The van der Waals surface area contributed by atoms with E-state index >= 15 is 0 Å². The maximum atomic E-state index is 12.8. The van der Waals surface area contributed by atoms with Crippen LogP contribution in [0.15, 0.2) is 18.2 Å². The monoisotopic (exact) mass is 362 g/mol. The van der Waals surface area contributed by atoms with Crippen LogP contribution in [0, 0.1) is 5.92 Å². The maximum absolute atomic E-state index is 12.8. The number of hydrogen-bond donors (Lipinski definition) is 1. The first-order chi connectivity index (χ1) is 12.6. The summed E-state index contributed by atoms with van der Waals surface area (Å²) in [5.41, 5.74) is 1.04. The van der Waals surface area contributed by atoms with Crippen molar-refractivity contribution in [3.8, 4) is 11.5 Å². The zero-order valence-corrected chi connectivity index (χ0v) is 16.0. The fourth-order valence-electron chi connectivity index (χ4n) is 3.61. The van der Waals surface area contributed by atoms with Crippen LogP contribution in [0.5, 0.6) is 11.5 Å². The zero-order valence-electron chi connectivity index (χ0n) is 16.0. The summed E-state index contributed by atoms with van der Waals surface area (Å²) in [6.07, 6.45) is 2.15. The molecule has 6 nitrogen and oxygen atoms in total. The molecule has 0 radical (unpaired) electrons. The van der Waals surface area contributed by atoms with E-state index in [0.29, 0.717) is 26.4 Å². The summed E-state index contributed by atoms with van der Waals surface area (Å²) in [6.45, 7) is 9.48. The van der Waals surface area contributed by atoms with Crippen LogP contribution >= 0.6 is 0 Å². The number of likely N-dealkylation sites (tertiary alicyclic amines) is 1. The van der Waals surface area contributed by atoms with Crippen molar-refractivity contribution in [2.45, 2.75) is 45.8 Å². The van der Waals surface area contributed by atoms with Crippen LogP contribution in [-0.2, 0) is 4.74 Å². The van der Waals surface area contributed by atoms with Gasteiger partial charge in [0.05, 0.1) is 12.1 Å². The number of nitrogens with one attached hydrogen (secondary N) is 1. The van der Waals surface area contributed by atoms with E-state index in [4.69, 9.17) is 14.2 Å². The van der Waals surface area contributed by atoms with Gasteiger partial charge in [-0.15, -0.1) is 0 Å². The molecule has 2 aliphatic rings. The highest BCUT2D eigenvalue weighted by Crippen LogP contribution is 2.34. The van der Waals surface area contributed by atoms with Crippen LogP contribution in [0.4, 0.5) is 4.79 Å². The van der Waals surface area contributed by atoms with Crippen molar-refractivity contribution in [1.29, 1.82) is 0 Å². The number of benzene rings is 1. The SMILES string of the molecule is CCOC1CCCN(C(=O)NC(c2ccc3c(c2)OCCO3)C(C)C)C1. The summed E-state index contributed by atoms with van der Waals surface area (Å²) in [5, 5.41) is 3.21. The van der Waals surface area contributed by atoms with Gasteiger partial charge in [0.15, 0.2) is 11.5 Å². The van der Waals surface area contributed by atoms with Crippen molar-refractivity contribution in [2.75, 3.05) is 32.9 Å². The third kappa shape index (κ3) is 4.41. The molecular weight excluding hydrogens is 332 g/mol. The summed E-state index contributed by atoms with van der Waals surface area (Å²) in [5.74, 6) is 1.78. The normalized spacial score (nSPS) is 20.8. The highest BCUT2D eigenvalue weighted by molar-refractivity contribution is 5.75. The van der Waals surface area contributed by atoms with Crippen molar-refractivity contribution in [3.05, 3.63) is 23.8 Å². The Morgan fingerprint density at radius 1 is 1.31 bits per heavy atom. The minimum atomic E-state index is -0.0780. The highest BCUT2D eigenvalue weighted by Gasteiger charge is 2.27. The van der Waals surface area contributed by atoms with Gasteiger partial charge in [-0.2, -0.15) is 0 Å². The van der Waals surface area contributed by atoms with Gasteiger partial charge in [-0.05, 0) is 43.4 Å². The zero-order chi connectivity index (χ0) is 18.5. The van der Waals surface area contributed by atoms with Gasteiger partial charge in [0.25, 0.3) is 0 Å². The predicted molar refractivity (Wildman–Crippen MR) is 99.8 cm³/mol. The third-order valence-corrected chi connectivity index (χ3v) is 4.94. The standard InChI is InChI=1S/C20H30N2O4/c1-4-24-16-6-5-9-22(13-16)20(23)21-19(14(2)3)15-7-8-17-18(12-15)26-11-10-25-17/h7-8,12,14,16,19H,4-6,9-11,13H2,1-3H3,(H,21,23). The van der Waals surface area contributed by atoms with Crippen molar-refractivity contribution >= 4 is 6.03 Å². The van der Waals surface area contributed by atoms with E-state index in [1.165, 1.54) is 0 Å². The molecular formula is C20H30N2O4. The summed E-state index contributed by atoms with van der Waals surface area (Å²) in [4.78, 5) is 14.7. The Hall–Kier alpha value is -1.95. The smallest absolute Gasteiger partial charge is 0.317 e. The molecule has 2 atom stereocenters. The van der Waals surface area contributed by atoms with E-state index in [1.54, 1.807) is 0 Å². The van der Waals surface area contributed by atoms with Crippen molar-refractivity contribution in [1.82, 2.24) is 10.2 Å². The average molecular weight is 362 g/mol. The summed E-state index contributed by atoms with van der Waals surface area (Å²) >= 11 is 0. The Balaban J connectivity index is 1.69. The Morgan fingerprint density at radius 2 is 2.08 bits per heavy atom. The number of carbonyl (C=O) groups is 1. The molecule has 2 unspecified atom stereocenters. The lowest BCUT2D eigenvalue weighted by Gasteiger charge is -2.34. The molecule has 2 aliphatic heterocycles. The lowest BCUT2D eigenvalue weighted by Crippen LogP contribution is -2.49. The fraction of sp³-hybridized carbons (Fsp3) is 0.650. The van der Waals surface area contributed by atoms with Crippen molar-refractivity contribution in [2.24, 2.45) is 5.92 Å². The predicted octanol–water partition coefficient (Wildman–Crippen LogP) is 3.37. The number of fused-ring (bicyclic) bond motifs is 1. The van der Waals surface area contributed by atoms with E-state index < -0.39 is 0 Å². The molecule has 0 saturated carbocycles. The Bertz CT molecular complexity index is 618. The van der Waals surface area contributed by atoms with Gasteiger partial charge in [-0.25, -0.2) is 4.79 Å². The molecule has 0 spiro atoms. The molecule has 0 aromatic heterocycles. The van der Waals surface area contributed by atoms with Gasteiger partial charge in [-0.1, -0.05) is 19.9 Å². The van der Waals surface area contributed by atoms with E-state index in [0.717, 1.165) is 36.4 Å². The molecule has 1 aromatic carbocycles. The largest absolute Gasteiger partial charge is 0.486 e. The van der Waals surface area contributed by atoms with E-state index in [-0.39, 0.29) is 24.1 Å². The molecule has 1 aromatic rings. The molecule has 1 fully saturated rings. The third-order valence-electron chi connectivity index (χ3n) is 4.94. The lowest BCUT2D eigenvalue weighted by molar-refractivity contribution is 0.0159. The number of carbonyl (C=O) groups excluding carboxylic acids is 1. The number of ether oxygens (including phenoxy) is 3. The van der Waals surface area contributed by atoms with Crippen LogP contribution in [0.3, 0.4) is 0 Å². The Morgan fingerprint density at radius 3 is 2.81 bits per heavy atom. The van der Waals surface area contributed by atoms with E-state index in [1.807, 2.05) is 30.0 Å². The second kappa shape index (κ2) is 8.62. The molecule has 2 amide bonds. The number of piperidine rings is 1. The first-order valence-electron chi connectivity index (χ1n) is 9.65. The molecule has 2 heterocycles. The Labute approximate surface area is 155 Å².